The average molecular weight is 226 g/mol. The van der Waals surface area contributed by atoms with Gasteiger partial charge in [-0.05, 0) is 32.1 Å². The molecular weight excluding hydrogens is 208 g/mol. The SMILES string of the molecule is NC1(CC(=O)NCC2(C(=O)O)CC2)CCC1. The molecule has 0 bridgehead atoms. The Kier molecular flexibility index (Phi) is 2.66. The average Bonchev–Trinajstić information content (AvgIpc) is 2.93. The number of carboxylic acids is 1. The summed E-state index contributed by atoms with van der Waals surface area (Å²) < 4.78 is 0. The fourth-order valence-corrected chi connectivity index (χ4v) is 2.07. The van der Waals surface area contributed by atoms with Gasteiger partial charge in [-0.15, -0.1) is 0 Å². The van der Waals surface area contributed by atoms with Crippen molar-refractivity contribution in [2.45, 2.75) is 44.1 Å². The van der Waals surface area contributed by atoms with Crippen LogP contribution < -0.4 is 11.1 Å². The molecule has 0 heterocycles. The van der Waals surface area contributed by atoms with Crippen LogP contribution in [0, 0.1) is 5.41 Å². The number of amides is 1. The zero-order valence-corrected chi connectivity index (χ0v) is 9.29. The highest BCUT2D eigenvalue weighted by Gasteiger charge is 2.50. The Bertz CT molecular complexity index is 319. The smallest absolute Gasteiger partial charge is 0.311 e. The van der Waals surface area contributed by atoms with Crippen LogP contribution in [0.15, 0.2) is 0 Å². The van der Waals surface area contributed by atoms with Gasteiger partial charge in [0.25, 0.3) is 0 Å². The first kappa shape index (κ1) is 11.4. The van der Waals surface area contributed by atoms with E-state index in [9.17, 15) is 9.59 Å². The van der Waals surface area contributed by atoms with Crippen molar-refractivity contribution in [2.75, 3.05) is 6.54 Å². The molecule has 2 aliphatic rings. The number of carbonyl (C=O) groups excluding carboxylic acids is 1. The second kappa shape index (κ2) is 3.73. The molecule has 2 aliphatic carbocycles. The zero-order valence-electron chi connectivity index (χ0n) is 9.29. The third-order valence-corrected chi connectivity index (χ3v) is 3.79. The number of carbonyl (C=O) groups is 2. The van der Waals surface area contributed by atoms with Gasteiger partial charge < -0.3 is 16.2 Å². The Morgan fingerprint density at radius 1 is 1.25 bits per heavy atom. The molecule has 0 aromatic rings. The minimum absolute atomic E-state index is 0.116. The highest BCUT2D eigenvalue weighted by atomic mass is 16.4. The summed E-state index contributed by atoms with van der Waals surface area (Å²) in [6.07, 6.45) is 4.52. The number of rotatable bonds is 5. The van der Waals surface area contributed by atoms with E-state index in [1.54, 1.807) is 0 Å². The molecule has 4 N–H and O–H groups in total. The molecule has 0 unspecified atom stereocenters. The summed E-state index contributed by atoms with van der Waals surface area (Å²) in [6.45, 7) is 0.247. The van der Waals surface area contributed by atoms with Crippen LogP contribution in [0.25, 0.3) is 0 Å². The van der Waals surface area contributed by atoms with Crippen LogP contribution in [0.2, 0.25) is 0 Å². The fourth-order valence-electron chi connectivity index (χ4n) is 2.07. The molecule has 1 amide bonds. The number of hydrogen-bond donors (Lipinski definition) is 3. The summed E-state index contributed by atoms with van der Waals surface area (Å²) in [4.78, 5) is 22.4. The minimum Gasteiger partial charge on any atom is -0.481 e. The van der Waals surface area contributed by atoms with Crippen LogP contribution in [0.3, 0.4) is 0 Å². The van der Waals surface area contributed by atoms with Gasteiger partial charge in [-0.25, -0.2) is 0 Å². The molecule has 0 aromatic heterocycles. The van der Waals surface area contributed by atoms with Gasteiger partial charge in [-0.1, -0.05) is 0 Å². The molecule has 2 saturated carbocycles. The van der Waals surface area contributed by atoms with Gasteiger partial charge in [-0.3, -0.25) is 9.59 Å². The van der Waals surface area contributed by atoms with Crippen LogP contribution in [-0.4, -0.2) is 29.1 Å². The summed E-state index contributed by atoms with van der Waals surface area (Å²) >= 11 is 0. The maximum absolute atomic E-state index is 11.6. The molecule has 0 spiro atoms. The van der Waals surface area contributed by atoms with Crippen molar-refractivity contribution in [1.29, 1.82) is 0 Å². The van der Waals surface area contributed by atoms with Crippen molar-refractivity contribution in [2.24, 2.45) is 11.1 Å². The van der Waals surface area contributed by atoms with Crippen LogP contribution in [-0.2, 0) is 9.59 Å². The van der Waals surface area contributed by atoms with Gasteiger partial charge in [0, 0.05) is 18.5 Å². The molecule has 5 heteroatoms. The molecule has 0 aromatic carbocycles. The van der Waals surface area contributed by atoms with E-state index in [0.29, 0.717) is 19.3 Å². The van der Waals surface area contributed by atoms with Crippen LogP contribution >= 0.6 is 0 Å². The third-order valence-electron chi connectivity index (χ3n) is 3.79. The van der Waals surface area contributed by atoms with Gasteiger partial charge in [0.1, 0.15) is 0 Å². The van der Waals surface area contributed by atoms with Gasteiger partial charge in [0.05, 0.1) is 5.41 Å². The molecule has 90 valence electrons. The van der Waals surface area contributed by atoms with Gasteiger partial charge >= 0.3 is 5.97 Å². The second-order valence-electron chi connectivity index (χ2n) is 5.25. The quantitative estimate of drug-likeness (QED) is 0.626. The molecule has 0 atom stereocenters. The molecule has 2 fully saturated rings. The standard InChI is InChI=1S/C11H18N2O3/c12-11(2-1-3-11)6-8(14)13-7-10(4-5-10)9(15)16/h1-7,12H2,(H,13,14)(H,15,16). The van der Waals surface area contributed by atoms with Gasteiger partial charge in [0.2, 0.25) is 5.91 Å². The van der Waals surface area contributed by atoms with E-state index < -0.39 is 11.4 Å². The lowest BCUT2D eigenvalue weighted by molar-refractivity contribution is -0.143. The monoisotopic (exact) mass is 226 g/mol. The van der Waals surface area contributed by atoms with Crippen LogP contribution in [0.4, 0.5) is 0 Å². The highest BCUT2D eigenvalue weighted by molar-refractivity contribution is 5.81. The van der Waals surface area contributed by atoms with E-state index in [1.807, 2.05) is 0 Å². The Morgan fingerprint density at radius 3 is 2.25 bits per heavy atom. The lowest BCUT2D eigenvalue weighted by Crippen LogP contribution is -2.50. The molecule has 0 radical (unpaired) electrons. The van der Waals surface area contributed by atoms with Crippen molar-refractivity contribution >= 4 is 11.9 Å². The first-order chi connectivity index (χ1) is 7.46. The lowest BCUT2D eigenvalue weighted by Gasteiger charge is -2.37. The van der Waals surface area contributed by atoms with Gasteiger partial charge in [0.15, 0.2) is 0 Å². The molecule has 0 saturated heterocycles. The zero-order chi connectivity index (χ0) is 11.8. The van der Waals surface area contributed by atoms with Crippen molar-refractivity contribution in [3.63, 3.8) is 0 Å². The van der Waals surface area contributed by atoms with E-state index in [1.165, 1.54) is 0 Å². The second-order valence-corrected chi connectivity index (χ2v) is 5.25. The molecule has 0 aliphatic heterocycles. The summed E-state index contributed by atoms with van der Waals surface area (Å²) in [5.41, 5.74) is 4.93. The molecular formula is C11H18N2O3. The Morgan fingerprint density at radius 2 is 1.88 bits per heavy atom. The highest BCUT2D eigenvalue weighted by Crippen LogP contribution is 2.45. The Labute approximate surface area is 94.4 Å². The van der Waals surface area contributed by atoms with Crippen LogP contribution in [0.5, 0.6) is 0 Å². The first-order valence-electron chi connectivity index (χ1n) is 5.75. The minimum atomic E-state index is -0.807. The topological polar surface area (TPSA) is 92.4 Å². The summed E-state index contributed by atoms with van der Waals surface area (Å²) in [5.74, 6) is -0.923. The number of aliphatic carboxylic acids is 1. The van der Waals surface area contributed by atoms with E-state index >= 15 is 0 Å². The Hall–Kier alpha value is -1.10. The molecule has 5 nitrogen and oxygen atoms in total. The number of nitrogens with one attached hydrogen (secondary N) is 1. The number of hydrogen-bond acceptors (Lipinski definition) is 3. The number of carboxylic acid groups (broad SMARTS) is 1. The predicted octanol–water partition coefficient (Wildman–Crippen LogP) is 0.239. The largest absolute Gasteiger partial charge is 0.481 e. The Balaban J connectivity index is 1.74. The van der Waals surface area contributed by atoms with Crippen LogP contribution in [0.1, 0.15) is 38.5 Å². The van der Waals surface area contributed by atoms with Crippen molar-refractivity contribution in [1.82, 2.24) is 5.32 Å². The van der Waals surface area contributed by atoms with Gasteiger partial charge in [-0.2, -0.15) is 0 Å². The maximum Gasteiger partial charge on any atom is 0.311 e. The van der Waals surface area contributed by atoms with Crippen molar-refractivity contribution in [3.8, 4) is 0 Å². The van der Waals surface area contributed by atoms with Crippen molar-refractivity contribution in [3.05, 3.63) is 0 Å². The van der Waals surface area contributed by atoms with E-state index in [4.69, 9.17) is 10.8 Å². The predicted molar refractivity (Wildman–Crippen MR) is 57.7 cm³/mol. The fraction of sp³-hybridized carbons (Fsp3) is 0.818. The third kappa shape index (κ3) is 2.19. The number of nitrogens with two attached hydrogens (primary N) is 1. The summed E-state index contributed by atoms with van der Waals surface area (Å²) in [5, 5.41) is 11.6. The maximum atomic E-state index is 11.6. The molecule has 2 rings (SSSR count). The molecule has 16 heavy (non-hydrogen) atoms. The van der Waals surface area contributed by atoms with Crippen molar-refractivity contribution < 1.29 is 14.7 Å². The summed E-state index contributed by atoms with van der Waals surface area (Å²) in [7, 11) is 0. The lowest BCUT2D eigenvalue weighted by atomic mass is 9.75. The van der Waals surface area contributed by atoms with E-state index in [0.717, 1.165) is 19.3 Å². The summed E-state index contributed by atoms with van der Waals surface area (Å²) in [6, 6.07) is 0. The van der Waals surface area contributed by atoms with E-state index in [2.05, 4.69) is 5.32 Å². The normalized spacial score (nSPS) is 24.3. The van der Waals surface area contributed by atoms with E-state index in [-0.39, 0.29) is 18.0 Å². The first-order valence-corrected chi connectivity index (χ1v) is 5.75.